The predicted molar refractivity (Wildman–Crippen MR) is 97.4 cm³/mol. The molecule has 0 fully saturated rings. The van der Waals surface area contributed by atoms with E-state index in [0.717, 1.165) is 11.3 Å². The van der Waals surface area contributed by atoms with Crippen LogP contribution in [0.2, 0.25) is 5.02 Å². The molecule has 0 saturated carbocycles. The number of aromatic nitrogens is 1. The van der Waals surface area contributed by atoms with Crippen LogP contribution in [0.4, 0.5) is 15.8 Å². The summed E-state index contributed by atoms with van der Waals surface area (Å²) in [5, 5.41) is 5.85. The fraction of sp³-hybridized carbons (Fsp3) is 0.0526. The van der Waals surface area contributed by atoms with E-state index < -0.39 is 5.82 Å². The Bertz CT molecular complexity index is 887. The van der Waals surface area contributed by atoms with Crippen molar-refractivity contribution < 1.29 is 9.18 Å². The number of pyridine rings is 1. The van der Waals surface area contributed by atoms with E-state index >= 15 is 0 Å². The van der Waals surface area contributed by atoms with Crippen molar-refractivity contribution in [1.82, 2.24) is 4.98 Å². The molecule has 0 atom stereocenters. The summed E-state index contributed by atoms with van der Waals surface area (Å²) in [5.41, 5.74) is 2.66. The maximum Gasteiger partial charge on any atom is 0.257 e. The number of carbonyl (C=O) groups excluding carboxylic acids is 1. The van der Waals surface area contributed by atoms with Crippen LogP contribution in [0.5, 0.6) is 0 Å². The van der Waals surface area contributed by atoms with Crippen LogP contribution in [-0.4, -0.2) is 10.9 Å². The topological polar surface area (TPSA) is 54.0 Å². The first kappa shape index (κ1) is 16.9. The Morgan fingerprint density at radius 2 is 1.84 bits per heavy atom. The monoisotopic (exact) mass is 355 g/mol. The number of hydrogen-bond donors (Lipinski definition) is 2. The molecule has 1 amide bonds. The molecular weight excluding hydrogens is 341 g/mol. The number of anilines is 2. The second-order valence-corrected chi connectivity index (χ2v) is 5.79. The molecule has 126 valence electrons. The van der Waals surface area contributed by atoms with Gasteiger partial charge in [-0.3, -0.25) is 9.78 Å². The van der Waals surface area contributed by atoms with Gasteiger partial charge in [0.25, 0.3) is 5.91 Å². The molecule has 1 aromatic heterocycles. The number of benzene rings is 2. The summed E-state index contributed by atoms with van der Waals surface area (Å²) < 4.78 is 13.2. The van der Waals surface area contributed by atoms with Crippen molar-refractivity contribution >= 4 is 28.9 Å². The van der Waals surface area contributed by atoms with Gasteiger partial charge in [0.1, 0.15) is 5.82 Å². The molecule has 0 aliphatic carbocycles. The maximum absolute atomic E-state index is 13.2. The Morgan fingerprint density at radius 3 is 2.60 bits per heavy atom. The SMILES string of the molecule is O=C(Nc1ccc(F)c(Cl)c1)c1cncc(NCc2ccccc2)c1. The summed E-state index contributed by atoms with van der Waals surface area (Å²) in [6.45, 7) is 0.626. The van der Waals surface area contributed by atoms with Crippen LogP contribution in [0.25, 0.3) is 0 Å². The van der Waals surface area contributed by atoms with Gasteiger partial charge in [0, 0.05) is 24.6 Å². The predicted octanol–water partition coefficient (Wildman–Crippen LogP) is 4.74. The van der Waals surface area contributed by atoms with Crippen LogP contribution >= 0.6 is 11.6 Å². The Morgan fingerprint density at radius 1 is 1.04 bits per heavy atom. The molecule has 0 spiro atoms. The lowest BCUT2D eigenvalue weighted by molar-refractivity contribution is 0.102. The van der Waals surface area contributed by atoms with Gasteiger partial charge < -0.3 is 10.6 Å². The van der Waals surface area contributed by atoms with E-state index in [2.05, 4.69) is 15.6 Å². The molecule has 2 aromatic carbocycles. The molecule has 2 N–H and O–H groups in total. The molecule has 0 bridgehead atoms. The molecule has 3 rings (SSSR count). The van der Waals surface area contributed by atoms with E-state index in [1.54, 1.807) is 12.3 Å². The first-order valence-corrected chi connectivity index (χ1v) is 7.99. The lowest BCUT2D eigenvalue weighted by atomic mass is 10.2. The van der Waals surface area contributed by atoms with E-state index in [9.17, 15) is 9.18 Å². The summed E-state index contributed by atoms with van der Waals surface area (Å²) in [6.07, 6.45) is 3.11. The fourth-order valence-electron chi connectivity index (χ4n) is 2.24. The number of hydrogen-bond acceptors (Lipinski definition) is 3. The van der Waals surface area contributed by atoms with Crippen LogP contribution < -0.4 is 10.6 Å². The van der Waals surface area contributed by atoms with E-state index in [1.807, 2.05) is 30.3 Å². The minimum absolute atomic E-state index is 0.0470. The van der Waals surface area contributed by atoms with Crippen molar-refractivity contribution in [2.75, 3.05) is 10.6 Å². The molecule has 0 aliphatic heterocycles. The van der Waals surface area contributed by atoms with Crippen molar-refractivity contribution in [3.05, 3.63) is 89.0 Å². The van der Waals surface area contributed by atoms with Crippen LogP contribution in [-0.2, 0) is 6.54 Å². The number of amides is 1. The lowest BCUT2D eigenvalue weighted by Crippen LogP contribution is -2.13. The summed E-state index contributed by atoms with van der Waals surface area (Å²) in [5.74, 6) is -0.882. The average molecular weight is 356 g/mol. The number of rotatable bonds is 5. The maximum atomic E-state index is 13.2. The molecule has 0 aliphatic rings. The Labute approximate surface area is 149 Å². The zero-order valence-electron chi connectivity index (χ0n) is 13.2. The quantitative estimate of drug-likeness (QED) is 0.695. The molecule has 1 heterocycles. The van der Waals surface area contributed by atoms with Gasteiger partial charge in [-0.15, -0.1) is 0 Å². The minimum atomic E-state index is -0.534. The zero-order valence-corrected chi connectivity index (χ0v) is 13.9. The normalized spacial score (nSPS) is 10.3. The van der Waals surface area contributed by atoms with Crippen LogP contribution in [0.15, 0.2) is 67.0 Å². The smallest absolute Gasteiger partial charge is 0.257 e. The van der Waals surface area contributed by atoms with Crippen LogP contribution in [0.3, 0.4) is 0 Å². The Hall–Kier alpha value is -2.92. The first-order chi connectivity index (χ1) is 12.1. The summed E-state index contributed by atoms with van der Waals surface area (Å²) in [6, 6.07) is 15.6. The lowest BCUT2D eigenvalue weighted by Gasteiger charge is -2.09. The zero-order chi connectivity index (χ0) is 17.6. The van der Waals surface area contributed by atoms with E-state index in [4.69, 9.17) is 11.6 Å². The van der Waals surface area contributed by atoms with Gasteiger partial charge in [-0.25, -0.2) is 4.39 Å². The van der Waals surface area contributed by atoms with Gasteiger partial charge in [0.05, 0.1) is 16.3 Å². The first-order valence-electron chi connectivity index (χ1n) is 7.61. The van der Waals surface area contributed by atoms with Crippen molar-refractivity contribution in [2.45, 2.75) is 6.54 Å². The van der Waals surface area contributed by atoms with Crippen molar-refractivity contribution in [1.29, 1.82) is 0 Å². The molecule has 0 unspecified atom stereocenters. The molecule has 4 nitrogen and oxygen atoms in total. The third-order valence-corrected chi connectivity index (χ3v) is 3.81. The van der Waals surface area contributed by atoms with Crippen molar-refractivity contribution in [2.24, 2.45) is 0 Å². The third kappa shape index (κ3) is 4.55. The molecule has 6 heteroatoms. The van der Waals surface area contributed by atoms with E-state index in [-0.39, 0.29) is 10.9 Å². The highest BCUT2D eigenvalue weighted by Crippen LogP contribution is 2.20. The Kier molecular flexibility index (Phi) is 5.26. The van der Waals surface area contributed by atoms with Gasteiger partial charge >= 0.3 is 0 Å². The van der Waals surface area contributed by atoms with Gasteiger partial charge in [-0.1, -0.05) is 41.9 Å². The van der Waals surface area contributed by atoms with Crippen LogP contribution in [0.1, 0.15) is 15.9 Å². The second-order valence-electron chi connectivity index (χ2n) is 5.38. The van der Waals surface area contributed by atoms with Crippen molar-refractivity contribution in [3.63, 3.8) is 0 Å². The van der Waals surface area contributed by atoms with Gasteiger partial charge in [-0.05, 0) is 29.8 Å². The summed E-state index contributed by atoms with van der Waals surface area (Å²) in [4.78, 5) is 16.4. The second kappa shape index (κ2) is 7.77. The number of nitrogens with zero attached hydrogens (tertiary/aromatic N) is 1. The largest absolute Gasteiger partial charge is 0.380 e. The summed E-state index contributed by atoms with van der Waals surface area (Å²) >= 11 is 5.72. The molecule has 0 radical (unpaired) electrons. The average Bonchev–Trinajstić information content (AvgIpc) is 2.64. The highest BCUT2D eigenvalue weighted by Gasteiger charge is 2.09. The molecule has 0 saturated heterocycles. The Balaban J connectivity index is 1.67. The van der Waals surface area contributed by atoms with Crippen molar-refractivity contribution in [3.8, 4) is 0 Å². The van der Waals surface area contributed by atoms with E-state index in [0.29, 0.717) is 17.8 Å². The number of carbonyl (C=O) groups is 1. The standard InChI is InChI=1S/C19H15ClFN3O/c20-17-9-15(6-7-18(17)21)24-19(25)14-8-16(12-22-11-14)23-10-13-4-2-1-3-5-13/h1-9,11-12,23H,10H2,(H,24,25). The highest BCUT2D eigenvalue weighted by atomic mass is 35.5. The van der Waals surface area contributed by atoms with Gasteiger partial charge in [0.2, 0.25) is 0 Å². The number of halogens is 2. The van der Waals surface area contributed by atoms with Gasteiger partial charge in [0.15, 0.2) is 0 Å². The minimum Gasteiger partial charge on any atom is -0.380 e. The fourth-order valence-corrected chi connectivity index (χ4v) is 2.42. The van der Waals surface area contributed by atoms with Gasteiger partial charge in [-0.2, -0.15) is 0 Å². The third-order valence-electron chi connectivity index (χ3n) is 3.52. The molecule has 3 aromatic rings. The molecule has 25 heavy (non-hydrogen) atoms. The van der Waals surface area contributed by atoms with Crippen LogP contribution in [0, 0.1) is 5.82 Å². The molecular formula is C19H15ClFN3O. The number of nitrogens with one attached hydrogen (secondary N) is 2. The highest BCUT2D eigenvalue weighted by molar-refractivity contribution is 6.31. The summed E-state index contributed by atoms with van der Waals surface area (Å²) in [7, 11) is 0. The van der Waals surface area contributed by atoms with E-state index in [1.165, 1.54) is 24.4 Å².